The normalized spacial score (nSPS) is 24.1. The van der Waals surface area contributed by atoms with Gasteiger partial charge in [-0.05, 0) is 37.9 Å². The van der Waals surface area contributed by atoms with Gasteiger partial charge in [-0.1, -0.05) is 0 Å². The molecule has 0 aliphatic carbocycles. The molecule has 128 valence electrons. The summed E-state index contributed by atoms with van der Waals surface area (Å²) in [6, 6.07) is 5.88. The SMILES string of the molecule is CN(C)C(=O)CN1CCC[C@]2(CCN(c3ccc(C#N)cn3)C2)C1. The van der Waals surface area contributed by atoms with Crippen LogP contribution in [0.2, 0.25) is 0 Å². The third-order valence-electron chi connectivity index (χ3n) is 5.24. The summed E-state index contributed by atoms with van der Waals surface area (Å²) >= 11 is 0. The average Bonchev–Trinajstić information content (AvgIpc) is 2.98. The molecule has 0 unspecified atom stereocenters. The van der Waals surface area contributed by atoms with E-state index in [-0.39, 0.29) is 11.3 Å². The monoisotopic (exact) mass is 327 g/mol. The largest absolute Gasteiger partial charge is 0.356 e. The predicted molar refractivity (Wildman–Crippen MR) is 92.6 cm³/mol. The molecule has 24 heavy (non-hydrogen) atoms. The van der Waals surface area contributed by atoms with Crippen molar-refractivity contribution in [2.45, 2.75) is 19.3 Å². The van der Waals surface area contributed by atoms with E-state index in [0.29, 0.717) is 12.1 Å². The lowest BCUT2D eigenvalue weighted by Crippen LogP contribution is -2.48. The van der Waals surface area contributed by atoms with Gasteiger partial charge in [0.15, 0.2) is 0 Å². The van der Waals surface area contributed by atoms with Gasteiger partial charge < -0.3 is 9.80 Å². The van der Waals surface area contributed by atoms with Crippen LogP contribution in [0.3, 0.4) is 0 Å². The van der Waals surface area contributed by atoms with Crippen molar-refractivity contribution >= 4 is 11.7 Å². The number of amides is 1. The predicted octanol–water partition coefficient (Wildman–Crippen LogP) is 1.33. The lowest BCUT2D eigenvalue weighted by molar-refractivity contribution is -0.130. The Labute approximate surface area is 143 Å². The molecular weight excluding hydrogens is 302 g/mol. The van der Waals surface area contributed by atoms with Gasteiger partial charge in [0.05, 0.1) is 12.1 Å². The first kappa shape index (κ1) is 16.7. The van der Waals surface area contributed by atoms with Crippen LogP contribution in [0.5, 0.6) is 0 Å². The topological polar surface area (TPSA) is 63.5 Å². The summed E-state index contributed by atoms with van der Waals surface area (Å²) in [6.07, 6.45) is 5.15. The van der Waals surface area contributed by atoms with Gasteiger partial charge in [-0.15, -0.1) is 0 Å². The molecule has 1 aromatic rings. The van der Waals surface area contributed by atoms with Gasteiger partial charge in [-0.3, -0.25) is 9.69 Å². The van der Waals surface area contributed by atoms with Crippen molar-refractivity contribution in [1.29, 1.82) is 5.26 Å². The second-order valence-corrected chi connectivity index (χ2v) is 7.29. The van der Waals surface area contributed by atoms with Crippen molar-refractivity contribution in [3.8, 4) is 6.07 Å². The molecule has 6 heteroatoms. The molecule has 2 saturated heterocycles. The van der Waals surface area contributed by atoms with Crippen LogP contribution in [-0.4, -0.2) is 67.5 Å². The number of hydrogen-bond donors (Lipinski definition) is 0. The van der Waals surface area contributed by atoms with Gasteiger partial charge in [0.25, 0.3) is 0 Å². The maximum Gasteiger partial charge on any atom is 0.236 e. The Bertz CT molecular complexity index is 636. The minimum atomic E-state index is 0.177. The third-order valence-corrected chi connectivity index (χ3v) is 5.24. The number of carbonyl (C=O) groups excluding carboxylic acids is 1. The number of nitriles is 1. The van der Waals surface area contributed by atoms with Crippen LogP contribution in [0, 0.1) is 16.7 Å². The molecule has 3 heterocycles. The quantitative estimate of drug-likeness (QED) is 0.838. The second-order valence-electron chi connectivity index (χ2n) is 7.29. The van der Waals surface area contributed by atoms with E-state index in [1.165, 1.54) is 6.42 Å². The zero-order chi connectivity index (χ0) is 17.2. The van der Waals surface area contributed by atoms with Crippen LogP contribution in [0.15, 0.2) is 18.3 Å². The van der Waals surface area contributed by atoms with Gasteiger partial charge in [-0.2, -0.15) is 5.26 Å². The van der Waals surface area contributed by atoms with Gasteiger partial charge >= 0.3 is 0 Å². The third kappa shape index (κ3) is 3.51. The van der Waals surface area contributed by atoms with Gasteiger partial charge in [0.1, 0.15) is 11.9 Å². The van der Waals surface area contributed by atoms with Crippen molar-refractivity contribution in [3.63, 3.8) is 0 Å². The van der Waals surface area contributed by atoms with Crippen molar-refractivity contribution < 1.29 is 4.79 Å². The average molecular weight is 327 g/mol. The Hall–Kier alpha value is -2.13. The highest BCUT2D eigenvalue weighted by atomic mass is 16.2. The summed E-state index contributed by atoms with van der Waals surface area (Å²) in [4.78, 5) is 22.7. The van der Waals surface area contributed by atoms with Crippen molar-refractivity contribution in [2.24, 2.45) is 5.41 Å². The molecule has 2 fully saturated rings. The molecule has 1 atom stereocenters. The number of hydrogen-bond acceptors (Lipinski definition) is 5. The second kappa shape index (κ2) is 6.78. The summed E-state index contributed by atoms with van der Waals surface area (Å²) in [6.45, 7) is 4.49. The molecule has 1 spiro atoms. The molecule has 0 bridgehead atoms. The van der Waals surface area contributed by atoms with Crippen LogP contribution < -0.4 is 4.90 Å². The molecule has 0 radical (unpaired) electrons. The Morgan fingerprint density at radius 3 is 2.83 bits per heavy atom. The summed E-state index contributed by atoms with van der Waals surface area (Å²) in [5, 5.41) is 8.89. The van der Waals surface area contributed by atoms with Crippen LogP contribution in [0.25, 0.3) is 0 Å². The fourth-order valence-corrected chi connectivity index (χ4v) is 3.88. The van der Waals surface area contributed by atoms with Crippen molar-refractivity contribution in [3.05, 3.63) is 23.9 Å². The van der Waals surface area contributed by atoms with E-state index in [0.717, 1.165) is 44.8 Å². The Kier molecular flexibility index (Phi) is 4.72. The summed E-state index contributed by atoms with van der Waals surface area (Å²) in [7, 11) is 3.63. The highest BCUT2D eigenvalue weighted by molar-refractivity contribution is 5.77. The maximum absolute atomic E-state index is 12.0. The molecule has 0 saturated carbocycles. The van der Waals surface area contributed by atoms with E-state index in [1.807, 2.05) is 26.2 Å². The standard InChI is InChI=1S/C18H25N5O/c1-21(2)17(24)12-22-8-3-6-18(13-22)7-9-23(14-18)16-5-4-15(10-19)11-20-16/h4-5,11H,3,6-9,12-14H2,1-2H3/t18-/m0/s1. The number of piperidine rings is 1. The van der Waals surface area contributed by atoms with Crippen LogP contribution in [0.4, 0.5) is 5.82 Å². The zero-order valence-electron chi connectivity index (χ0n) is 14.5. The molecule has 3 rings (SSSR count). The van der Waals surface area contributed by atoms with E-state index >= 15 is 0 Å². The zero-order valence-corrected chi connectivity index (χ0v) is 14.5. The highest BCUT2D eigenvalue weighted by Crippen LogP contribution is 2.40. The maximum atomic E-state index is 12.0. The molecule has 1 amide bonds. The van der Waals surface area contributed by atoms with Crippen LogP contribution in [0.1, 0.15) is 24.8 Å². The number of likely N-dealkylation sites (N-methyl/N-ethyl adjacent to an activating group) is 1. The van der Waals surface area contributed by atoms with Crippen LogP contribution >= 0.6 is 0 Å². The highest BCUT2D eigenvalue weighted by Gasteiger charge is 2.42. The lowest BCUT2D eigenvalue weighted by Gasteiger charge is -2.40. The smallest absolute Gasteiger partial charge is 0.236 e. The molecule has 6 nitrogen and oxygen atoms in total. The molecule has 1 aromatic heterocycles. The fraction of sp³-hybridized carbons (Fsp3) is 0.611. The van der Waals surface area contributed by atoms with Gasteiger partial charge in [0, 0.05) is 45.3 Å². The Morgan fingerprint density at radius 1 is 1.33 bits per heavy atom. The summed E-state index contributed by atoms with van der Waals surface area (Å²) < 4.78 is 0. The number of likely N-dealkylation sites (tertiary alicyclic amines) is 1. The fourth-order valence-electron chi connectivity index (χ4n) is 3.88. The number of aromatic nitrogens is 1. The first-order chi connectivity index (χ1) is 11.5. The number of carbonyl (C=O) groups is 1. The first-order valence-electron chi connectivity index (χ1n) is 8.55. The molecule has 0 N–H and O–H groups in total. The molecule has 0 aromatic carbocycles. The van der Waals surface area contributed by atoms with Gasteiger partial charge in [-0.25, -0.2) is 4.98 Å². The number of nitrogens with zero attached hydrogens (tertiary/aromatic N) is 5. The first-order valence-corrected chi connectivity index (χ1v) is 8.55. The Morgan fingerprint density at radius 2 is 2.17 bits per heavy atom. The number of pyridine rings is 1. The van der Waals surface area contributed by atoms with E-state index in [4.69, 9.17) is 5.26 Å². The number of anilines is 1. The summed E-state index contributed by atoms with van der Waals surface area (Å²) in [5.74, 6) is 1.13. The van der Waals surface area contributed by atoms with Crippen molar-refractivity contribution in [1.82, 2.24) is 14.8 Å². The summed E-state index contributed by atoms with van der Waals surface area (Å²) in [5.41, 5.74) is 0.860. The van der Waals surface area contributed by atoms with Gasteiger partial charge in [0.2, 0.25) is 5.91 Å². The minimum Gasteiger partial charge on any atom is -0.356 e. The molecular formula is C18H25N5O. The molecule has 2 aliphatic rings. The number of rotatable bonds is 3. The van der Waals surface area contributed by atoms with E-state index < -0.39 is 0 Å². The van der Waals surface area contributed by atoms with Crippen LogP contribution in [-0.2, 0) is 4.79 Å². The van der Waals surface area contributed by atoms with Crippen molar-refractivity contribution in [2.75, 3.05) is 51.7 Å². The van der Waals surface area contributed by atoms with E-state index in [1.54, 1.807) is 11.1 Å². The minimum absolute atomic E-state index is 0.177. The van der Waals surface area contributed by atoms with E-state index in [2.05, 4.69) is 20.9 Å². The van der Waals surface area contributed by atoms with E-state index in [9.17, 15) is 4.79 Å². The Balaban J connectivity index is 1.64. The lowest BCUT2D eigenvalue weighted by atomic mass is 9.79. The molecule has 2 aliphatic heterocycles.